The highest BCUT2D eigenvalue weighted by Gasteiger charge is 2.14. The van der Waals surface area contributed by atoms with Crippen molar-refractivity contribution in [1.29, 1.82) is 0 Å². The summed E-state index contributed by atoms with van der Waals surface area (Å²) >= 11 is 13.6. The topological polar surface area (TPSA) is 102 Å². The SMILES string of the molecule is CCOc1ccc(NC(=S)Sc2nc(Nc3ccccc3OC)nc(SC(=S)Nc3ccc(OCC)cc3)n2)cc1. The number of aromatic nitrogens is 3. The molecule has 0 atom stereocenters. The van der Waals surface area contributed by atoms with Crippen molar-refractivity contribution in [1.82, 2.24) is 15.0 Å². The van der Waals surface area contributed by atoms with E-state index >= 15 is 0 Å². The summed E-state index contributed by atoms with van der Waals surface area (Å²) in [5, 5.41) is 10.4. The minimum absolute atomic E-state index is 0.322. The zero-order chi connectivity index (χ0) is 29.0. The summed E-state index contributed by atoms with van der Waals surface area (Å²) in [6, 6.07) is 22.6. The molecule has 0 fully saturated rings. The van der Waals surface area contributed by atoms with Crippen LogP contribution in [-0.2, 0) is 0 Å². The fourth-order valence-electron chi connectivity index (χ4n) is 3.41. The largest absolute Gasteiger partial charge is 0.495 e. The Morgan fingerprint density at radius 3 is 1.66 bits per heavy atom. The Hall–Kier alpha value is -3.65. The van der Waals surface area contributed by atoms with E-state index in [4.69, 9.17) is 38.6 Å². The van der Waals surface area contributed by atoms with Gasteiger partial charge < -0.3 is 30.2 Å². The van der Waals surface area contributed by atoms with Crippen LogP contribution in [0.15, 0.2) is 83.1 Å². The van der Waals surface area contributed by atoms with E-state index in [-0.39, 0.29) is 0 Å². The number of hydrogen-bond acceptors (Lipinski definition) is 11. The molecule has 0 saturated heterocycles. The van der Waals surface area contributed by atoms with Crippen LogP contribution in [0.25, 0.3) is 0 Å². The van der Waals surface area contributed by atoms with E-state index in [1.54, 1.807) is 7.11 Å². The molecule has 9 nitrogen and oxygen atoms in total. The first-order chi connectivity index (χ1) is 19.9. The highest BCUT2D eigenvalue weighted by molar-refractivity contribution is 8.23. The number of anilines is 4. The van der Waals surface area contributed by atoms with Crippen molar-refractivity contribution in [3.8, 4) is 17.2 Å². The van der Waals surface area contributed by atoms with Crippen molar-refractivity contribution in [3.63, 3.8) is 0 Å². The third-order valence-electron chi connectivity index (χ3n) is 5.14. The highest BCUT2D eigenvalue weighted by atomic mass is 32.2. The third kappa shape index (κ3) is 9.46. The lowest BCUT2D eigenvalue weighted by atomic mass is 10.3. The average Bonchev–Trinajstić information content (AvgIpc) is 2.95. The summed E-state index contributed by atoms with van der Waals surface area (Å²) in [7, 11) is 1.60. The van der Waals surface area contributed by atoms with E-state index < -0.39 is 0 Å². The van der Waals surface area contributed by atoms with E-state index in [1.165, 1.54) is 23.5 Å². The van der Waals surface area contributed by atoms with Crippen LogP contribution in [-0.4, -0.2) is 43.9 Å². The van der Waals surface area contributed by atoms with Crippen molar-refractivity contribution in [2.45, 2.75) is 24.2 Å². The fourth-order valence-corrected chi connectivity index (χ4v) is 5.35. The maximum atomic E-state index is 5.59. The maximum Gasteiger partial charge on any atom is 0.232 e. The predicted molar refractivity (Wildman–Crippen MR) is 175 cm³/mol. The molecule has 3 N–H and O–H groups in total. The van der Waals surface area contributed by atoms with Gasteiger partial charge in [-0.3, -0.25) is 0 Å². The second kappa shape index (κ2) is 15.4. The van der Waals surface area contributed by atoms with Crippen LogP contribution in [0.4, 0.5) is 23.0 Å². The van der Waals surface area contributed by atoms with Gasteiger partial charge in [0.1, 0.15) is 25.9 Å². The molecule has 0 aliphatic heterocycles. The van der Waals surface area contributed by atoms with Gasteiger partial charge in [0.15, 0.2) is 0 Å². The number of hydrogen-bond donors (Lipinski definition) is 3. The zero-order valence-electron chi connectivity index (χ0n) is 22.5. The molecule has 1 aromatic heterocycles. The van der Waals surface area contributed by atoms with Gasteiger partial charge in [-0.05, 0) is 98.0 Å². The molecule has 13 heteroatoms. The second-order valence-corrected chi connectivity index (χ2v) is 11.3. The molecule has 0 amide bonds. The normalized spacial score (nSPS) is 10.4. The Bertz CT molecular complexity index is 1390. The molecule has 1 heterocycles. The number of benzene rings is 3. The molecular weight excluding hydrogens is 597 g/mol. The molecule has 0 saturated carbocycles. The van der Waals surface area contributed by atoms with Crippen molar-refractivity contribution >= 4 is 79.6 Å². The minimum Gasteiger partial charge on any atom is -0.495 e. The molecule has 4 rings (SSSR count). The molecule has 212 valence electrons. The first-order valence-corrected chi connectivity index (χ1v) is 15.0. The summed E-state index contributed by atoms with van der Waals surface area (Å²) < 4.78 is 17.4. The average molecular weight is 625 g/mol. The minimum atomic E-state index is 0.322. The Kier molecular flexibility index (Phi) is 11.4. The van der Waals surface area contributed by atoms with Crippen molar-refractivity contribution in [2.24, 2.45) is 0 Å². The first kappa shape index (κ1) is 30.3. The van der Waals surface area contributed by atoms with E-state index in [9.17, 15) is 0 Å². The van der Waals surface area contributed by atoms with Gasteiger partial charge >= 0.3 is 0 Å². The van der Waals surface area contributed by atoms with Gasteiger partial charge in [-0.2, -0.15) is 15.0 Å². The Labute approximate surface area is 258 Å². The lowest BCUT2D eigenvalue weighted by Gasteiger charge is -2.13. The van der Waals surface area contributed by atoms with Gasteiger partial charge in [-0.1, -0.05) is 36.6 Å². The summed E-state index contributed by atoms with van der Waals surface area (Å²) in [6.07, 6.45) is 0. The number of thioether (sulfide) groups is 2. The van der Waals surface area contributed by atoms with Crippen LogP contribution >= 0.6 is 48.0 Å². The summed E-state index contributed by atoms with van der Waals surface area (Å²) in [4.78, 5) is 13.8. The predicted octanol–water partition coefficient (Wildman–Crippen LogP) is 7.40. The highest BCUT2D eigenvalue weighted by Crippen LogP contribution is 2.29. The van der Waals surface area contributed by atoms with Crippen LogP contribution in [0.5, 0.6) is 17.2 Å². The Morgan fingerprint density at radius 2 is 1.20 bits per heavy atom. The van der Waals surface area contributed by atoms with Gasteiger partial charge in [0.25, 0.3) is 0 Å². The first-order valence-electron chi connectivity index (χ1n) is 12.5. The van der Waals surface area contributed by atoms with E-state index in [1.807, 2.05) is 86.6 Å². The number of rotatable bonds is 11. The fraction of sp³-hybridized carbons (Fsp3) is 0.179. The number of nitrogens with zero attached hydrogens (tertiary/aromatic N) is 3. The molecule has 0 spiro atoms. The van der Waals surface area contributed by atoms with E-state index in [0.29, 0.717) is 49.6 Å². The van der Waals surface area contributed by atoms with E-state index in [0.717, 1.165) is 22.9 Å². The Morgan fingerprint density at radius 1 is 0.707 bits per heavy atom. The molecule has 41 heavy (non-hydrogen) atoms. The second-order valence-electron chi connectivity index (χ2n) is 7.99. The van der Waals surface area contributed by atoms with Gasteiger partial charge in [0, 0.05) is 11.4 Å². The number of ether oxygens (including phenoxy) is 3. The van der Waals surface area contributed by atoms with Gasteiger partial charge in [-0.15, -0.1) is 0 Å². The molecule has 0 unspecified atom stereocenters. The number of thiocarbonyl (C=S) groups is 2. The number of methoxy groups -OCH3 is 1. The molecule has 0 bridgehead atoms. The molecule has 3 aromatic carbocycles. The Balaban J connectivity index is 1.51. The molecule has 4 aromatic rings. The lowest BCUT2D eigenvalue weighted by molar-refractivity contribution is 0.340. The van der Waals surface area contributed by atoms with Gasteiger partial charge in [-0.25, -0.2) is 0 Å². The quantitative estimate of drug-likeness (QED) is 0.114. The molecule has 0 radical (unpaired) electrons. The van der Waals surface area contributed by atoms with Crippen LogP contribution in [0, 0.1) is 0 Å². The number of nitrogens with one attached hydrogen (secondary N) is 3. The van der Waals surface area contributed by atoms with Crippen molar-refractivity contribution in [2.75, 3.05) is 36.3 Å². The summed E-state index contributed by atoms with van der Waals surface area (Å²) in [5.41, 5.74) is 2.35. The summed E-state index contributed by atoms with van der Waals surface area (Å²) in [6.45, 7) is 5.09. The molecule has 0 aliphatic carbocycles. The monoisotopic (exact) mass is 624 g/mol. The van der Waals surface area contributed by atoms with Gasteiger partial charge in [0.05, 0.1) is 26.0 Å². The maximum absolute atomic E-state index is 5.59. The molecule has 0 aliphatic rings. The van der Waals surface area contributed by atoms with Crippen LogP contribution in [0.3, 0.4) is 0 Å². The molecular formula is C28H28N6O3S4. The van der Waals surface area contributed by atoms with Gasteiger partial charge in [0.2, 0.25) is 16.3 Å². The van der Waals surface area contributed by atoms with Crippen molar-refractivity contribution < 1.29 is 14.2 Å². The smallest absolute Gasteiger partial charge is 0.232 e. The number of para-hydroxylation sites is 2. The standard InChI is InChI=1S/C28H28N6O3S4/c1-4-36-20-14-10-18(11-15-20)29-27(38)40-25-32-24(31-22-8-6-7-9-23(22)35-3)33-26(34-25)41-28(39)30-19-12-16-21(17-13-19)37-5-2/h6-17H,4-5H2,1-3H3,(H,29,38)(H,30,39)(H,31,32,33,34). The third-order valence-corrected chi connectivity index (χ3v) is 7.15. The zero-order valence-corrected chi connectivity index (χ0v) is 25.8. The van der Waals surface area contributed by atoms with Crippen LogP contribution < -0.4 is 30.2 Å². The summed E-state index contributed by atoms with van der Waals surface area (Å²) in [5.74, 6) is 2.55. The lowest BCUT2D eigenvalue weighted by Crippen LogP contribution is -2.10. The van der Waals surface area contributed by atoms with Crippen molar-refractivity contribution in [3.05, 3.63) is 72.8 Å². The van der Waals surface area contributed by atoms with Crippen LogP contribution in [0.1, 0.15) is 13.8 Å². The van der Waals surface area contributed by atoms with E-state index in [2.05, 4.69) is 30.9 Å². The van der Waals surface area contributed by atoms with Crippen LogP contribution in [0.2, 0.25) is 0 Å².